The summed E-state index contributed by atoms with van der Waals surface area (Å²) >= 11 is 1.66. The van der Waals surface area contributed by atoms with Gasteiger partial charge in [0.2, 0.25) is 5.16 Å². The Morgan fingerprint density at radius 3 is 2.94 bits per heavy atom. The predicted molar refractivity (Wildman–Crippen MR) is 74.8 cm³/mol. The largest absolute Gasteiger partial charge is 0.338 e. The lowest BCUT2D eigenvalue weighted by Crippen LogP contribution is -1.97. The van der Waals surface area contributed by atoms with Gasteiger partial charge in [0.05, 0.1) is 0 Å². The third kappa shape index (κ3) is 1.95. The van der Waals surface area contributed by atoms with Gasteiger partial charge >= 0.3 is 0 Å². The number of aromatic amines is 1. The third-order valence-electron chi connectivity index (χ3n) is 2.98. The molecule has 0 aliphatic heterocycles. The number of hydrogen-bond acceptors (Lipinski definition) is 4. The average molecular weight is 258 g/mol. The molecule has 5 heteroatoms. The standard InChI is InChI=1S/C13H14N4S/c1-3-8(2)18-13-15-12-11(16-17-13)9-6-4-5-7-10(9)14-12/h4-8H,3H2,1-2H3,(H,14,15,17). The van der Waals surface area contributed by atoms with Crippen LogP contribution in [0.3, 0.4) is 0 Å². The van der Waals surface area contributed by atoms with Gasteiger partial charge in [-0.1, -0.05) is 43.8 Å². The zero-order valence-electron chi connectivity index (χ0n) is 10.3. The monoisotopic (exact) mass is 258 g/mol. The number of hydrogen-bond donors (Lipinski definition) is 1. The van der Waals surface area contributed by atoms with Gasteiger partial charge in [0, 0.05) is 16.2 Å². The van der Waals surface area contributed by atoms with Gasteiger partial charge in [0.1, 0.15) is 5.52 Å². The van der Waals surface area contributed by atoms with E-state index >= 15 is 0 Å². The van der Waals surface area contributed by atoms with Crippen molar-refractivity contribution in [3.63, 3.8) is 0 Å². The molecule has 1 atom stereocenters. The molecular formula is C13H14N4S. The molecule has 92 valence electrons. The number of nitrogens with zero attached hydrogens (tertiary/aromatic N) is 3. The number of rotatable bonds is 3. The summed E-state index contributed by atoms with van der Waals surface area (Å²) in [7, 11) is 0. The van der Waals surface area contributed by atoms with Crippen molar-refractivity contribution in [2.24, 2.45) is 0 Å². The minimum absolute atomic E-state index is 0.508. The van der Waals surface area contributed by atoms with Crippen molar-refractivity contribution < 1.29 is 0 Å². The molecular weight excluding hydrogens is 244 g/mol. The van der Waals surface area contributed by atoms with Crippen LogP contribution in [0.2, 0.25) is 0 Å². The molecule has 3 aromatic rings. The number of fused-ring (bicyclic) bond motifs is 3. The van der Waals surface area contributed by atoms with E-state index < -0.39 is 0 Å². The molecule has 0 bridgehead atoms. The zero-order chi connectivity index (χ0) is 12.5. The van der Waals surface area contributed by atoms with Crippen molar-refractivity contribution in [2.75, 3.05) is 0 Å². The van der Waals surface area contributed by atoms with Crippen LogP contribution in [0.1, 0.15) is 20.3 Å². The molecule has 1 N–H and O–H groups in total. The van der Waals surface area contributed by atoms with Gasteiger partial charge in [0.15, 0.2) is 5.65 Å². The van der Waals surface area contributed by atoms with Gasteiger partial charge in [0.25, 0.3) is 0 Å². The van der Waals surface area contributed by atoms with Crippen LogP contribution in [0.15, 0.2) is 29.4 Å². The molecule has 0 aliphatic carbocycles. The fourth-order valence-corrected chi connectivity index (χ4v) is 2.58. The van der Waals surface area contributed by atoms with E-state index in [1.165, 1.54) is 0 Å². The lowest BCUT2D eigenvalue weighted by molar-refractivity contribution is 0.851. The van der Waals surface area contributed by atoms with Gasteiger partial charge in [-0.15, -0.1) is 10.2 Å². The van der Waals surface area contributed by atoms with Crippen LogP contribution in [0.5, 0.6) is 0 Å². The van der Waals surface area contributed by atoms with Crippen molar-refractivity contribution in [3.05, 3.63) is 24.3 Å². The molecule has 18 heavy (non-hydrogen) atoms. The Morgan fingerprint density at radius 2 is 2.11 bits per heavy atom. The van der Waals surface area contributed by atoms with Crippen molar-refractivity contribution in [1.82, 2.24) is 20.2 Å². The number of aromatic nitrogens is 4. The summed E-state index contributed by atoms with van der Waals surface area (Å²) in [5, 5.41) is 10.8. The number of benzene rings is 1. The highest BCUT2D eigenvalue weighted by Gasteiger charge is 2.10. The van der Waals surface area contributed by atoms with Crippen LogP contribution in [0.4, 0.5) is 0 Å². The van der Waals surface area contributed by atoms with Gasteiger partial charge in [-0.3, -0.25) is 0 Å². The fraction of sp³-hybridized carbons (Fsp3) is 0.308. The molecule has 0 amide bonds. The molecule has 4 nitrogen and oxygen atoms in total. The van der Waals surface area contributed by atoms with Crippen molar-refractivity contribution in [3.8, 4) is 0 Å². The van der Waals surface area contributed by atoms with E-state index in [2.05, 4.69) is 34.0 Å². The highest BCUT2D eigenvalue weighted by molar-refractivity contribution is 7.99. The summed E-state index contributed by atoms with van der Waals surface area (Å²) < 4.78 is 0. The first-order valence-corrected chi connectivity index (χ1v) is 6.93. The molecule has 0 saturated carbocycles. The van der Waals surface area contributed by atoms with E-state index in [0.29, 0.717) is 5.25 Å². The third-order valence-corrected chi connectivity index (χ3v) is 4.10. The smallest absolute Gasteiger partial charge is 0.211 e. The van der Waals surface area contributed by atoms with Crippen molar-refractivity contribution in [1.29, 1.82) is 0 Å². The van der Waals surface area contributed by atoms with E-state index in [1.807, 2.05) is 24.3 Å². The Balaban J connectivity index is 2.09. The second-order valence-electron chi connectivity index (χ2n) is 4.30. The highest BCUT2D eigenvalue weighted by Crippen LogP contribution is 2.25. The molecule has 3 rings (SSSR count). The van der Waals surface area contributed by atoms with Crippen LogP contribution in [-0.4, -0.2) is 25.4 Å². The lowest BCUT2D eigenvalue weighted by atomic mass is 10.2. The highest BCUT2D eigenvalue weighted by atomic mass is 32.2. The fourth-order valence-electron chi connectivity index (χ4n) is 1.82. The van der Waals surface area contributed by atoms with E-state index in [9.17, 15) is 0 Å². The molecule has 0 fully saturated rings. The Hall–Kier alpha value is -1.62. The first-order chi connectivity index (χ1) is 8.78. The second kappa shape index (κ2) is 4.57. The van der Waals surface area contributed by atoms with Gasteiger partial charge in [-0.05, 0) is 12.5 Å². The maximum Gasteiger partial charge on any atom is 0.211 e. The summed E-state index contributed by atoms with van der Waals surface area (Å²) in [4.78, 5) is 7.82. The van der Waals surface area contributed by atoms with Crippen LogP contribution in [0, 0.1) is 0 Å². The van der Waals surface area contributed by atoms with E-state index in [0.717, 1.165) is 33.6 Å². The maximum atomic E-state index is 4.53. The summed E-state index contributed by atoms with van der Waals surface area (Å²) in [5.41, 5.74) is 2.72. The Bertz CT molecular complexity index is 692. The first kappa shape index (κ1) is 11.5. The molecule has 2 aromatic heterocycles. The normalized spacial score (nSPS) is 13.2. The molecule has 2 heterocycles. The van der Waals surface area contributed by atoms with Gasteiger partial charge in [-0.25, -0.2) is 4.98 Å². The topological polar surface area (TPSA) is 54.5 Å². The molecule has 0 spiro atoms. The number of para-hydroxylation sites is 1. The summed E-state index contributed by atoms with van der Waals surface area (Å²) in [6.45, 7) is 4.33. The average Bonchev–Trinajstić information content (AvgIpc) is 2.76. The first-order valence-electron chi connectivity index (χ1n) is 6.05. The van der Waals surface area contributed by atoms with E-state index in [4.69, 9.17) is 0 Å². The summed E-state index contributed by atoms with van der Waals surface area (Å²) in [5.74, 6) is 0. The molecule has 1 aromatic carbocycles. The Morgan fingerprint density at radius 1 is 1.28 bits per heavy atom. The second-order valence-corrected chi connectivity index (χ2v) is 5.70. The Labute approximate surface area is 109 Å². The SMILES string of the molecule is CCC(C)Sc1nnc2c(n1)[nH]c1ccccc12. The molecule has 0 radical (unpaired) electrons. The van der Waals surface area contributed by atoms with Gasteiger partial charge in [-0.2, -0.15) is 0 Å². The van der Waals surface area contributed by atoms with Crippen LogP contribution in [0.25, 0.3) is 22.1 Å². The zero-order valence-corrected chi connectivity index (χ0v) is 11.2. The maximum absolute atomic E-state index is 4.53. The minimum atomic E-state index is 0.508. The molecule has 0 aliphatic rings. The van der Waals surface area contributed by atoms with E-state index in [1.54, 1.807) is 11.8 Å². The van der Waals surface area contributed by atoms with Crippen molar-refractivity contribution in [2.45, 2.75) is 30.7 Å². The molecule has 0 saturated heterocycles. The summed E-state index contributed by atoms with van der Waals surface area (Å²) in [6.07, 6.45) is 1.10. The van der Waals surface area contributed by atoms with E-state index in [-0.39, 0.29) is 0 Å². The minimum Gasteiger partial charge on any atom is -0.338 e. The molecule has 1 unspecified atom stereocenters. The number of thioether (sulfide) groups is 1. The Kier molecular flexibility index (Phi) is 2.91. The van der Waals surface area contributed by atoms with Crippen LogP contribution < -0.4 is 0 Å². The van der Waals surface area contributed by atoms with Crippen molar-refractivity contribution >= 4 is 33.8 Å². The summed E-state index contributed by atoms with van der Waals surface area (Å²) in [6, 6.07) is 8.06. The number of nitrogens with one attached hydrogen (secondary N) is 1. The van der Waals surface area contributed by atoms with Crippen LogP contribution >= 0.6 is 11.8 Å². The predicted octanol–water partition coefficient (Wildman–Crippen LogP) is 3.40. The quantitative estimate of drug-likeness (QED) is 0.732. The van der Waals surface area contributed by atoms with Gasteiger partial charge < -0.3 is 4.98 Å². The number of H-pyrrole nitrogens is 1. The lowest BCUT2D eigenvalue weighted by Gasteiger charge is -2.04. The van der Waals surface area contributed by atoms with Crippen LogP contribution in [-0.2, 0) is 0 Å².